The zero-order valence-corrected chi connectivity index (χ0v) is 17.9. The molecule has 0 amide bonds. The summed E-state index contributed by atoms with van der Waals surface area (Å²) in [6.07, 6.45) is 0.969. The topological polar surface area (TPSA) is 83.5 Å². The molecule has 27 heavy (non-hydrogen) atoms. The molecule has 1 atom stereocenters. The van der Waals surface area contributed by atoms with Gasteiger partial charge in [-0.2, -0.15) is 0 Å². The average molecular weight is 411 g/mol. The highest BCUT2D eigenvalue weighted by Gasteiger charge is 2.21. The number of hydrogen-bond acceptors (Lipinski definition) is 4. The minimum Gasteiger partial charge on any atom is -0.279 e. The molecule has 0 aliphatic heterocycles. The van der Waals surface area contributed by atoms with E-state index in [-0.39, 0.29) is 15.5 Å². The van der Waals surface area contributed by atoms with Crippen LogP contribution in [0.2, 0.25) is 0 Å². The second kappa shape index (κ2) is 8.00. The van der Waals surface area contributed by atoms with E-state index in [9.17, 15) is 16.8 Å². The average Bonchev–Trinajstić information content (AvgIpc) is 2.62. The summed E-state index contributed by atoms with van der Waals surface area (Å²) in [7, 11) is -4.62. The van der Waals surface area contributed by atoms with Crippen molar-refractivity contribution in [3.8, 4) is 0 Å². The Hall–Kier alpha value is -1.90. The van der Waals surface area contributed by atoms with Gasteiger partial charge in [-0.1, -0.05) is 32.0 Å². The third kappa shape index (κ3) is 4.69. The van der Waals surface area contributed by atoms with Crippen LogP contribution in [0.1, 0.15) is 37.3 Å². The maximum Gasteiger partial charge on any atom is 0.261 e. The molecule has 0 aromatic heterocycles. The van der Waals surface area contributed by atoms with Crippen LogP contribution < -0.4 is 4.72 Å². The SMILES string of the molecule is CC[C@H](C)c1ccc(S(=O)(=O)Nc2cc(S(=O)(=O)N(C)C)ccc2C)cc1. The minimum absolute atomic E-state index is 0.0305. The third-order valence-corrected chi connectivity index (χ3v) is 7.80. The summed E-state index contributed by atoms with van der Waals surface area (Å²) in [5.41, 5.74) is 1.95. The van der Waals surface area contributed by atoms with Gasteiger partial charge < -0.3 is 0 Å². The Morgan fingerprint density at radius 2 is 1.52 bits per heavy atom. The summed E-state index contributed by atoms with van der Waals surface area (Å²) in [4.78, 5) is 0.165. The van der Waals surface area contributed by atoms with Gasteiger partial charge >= 0.3 is 0 Å². The Bertz CT molecular complexity index is 1010. The molecule has 2 rings (SSSR count). The van der Waals surface area contributed by atoms with Crippen LogP contribution in [0.4, 0.5) is 5.69 Å². The summed E-state index contributed by atoms with van der Waals surface area (Å²) in [5, 5.41) is 0. The summed E-state index contributed by atoms with van der Waals surface area (Å²) in [6, 6.07) is 11.1. The van der Waals surface area contributed by atoms with Crippen molar-refractivity contribution in [3.63, 3.8) is 0 Å². The van der Waals surface area contributed by atoms with Gasteiger partial charge in [0.15, 0.2) is 0 Å². The summed E-state index contributed by atoms with van der Waals surface area (Å²) >= 11 is 0. The first kappa shape index (κ1) is 21.4. The minimum atomic E-state index is -3.83. The molecule has 1 N–H and O–H groups in total. The fourth-order valence-electron chi connectivity index (χ4n) is 2.50. The lowest BCUT2D eigenvalue weighted by atomic mass is 9.99. The smallest absolute Gasteiger partial charge is 0.261 e. The van der Waals surface area contributed by atoms with E-state index >= 15 is 0 Å². The fraction of sp³-hybridized carbons (Fsp3) is 0.368. The van der Waals surface area contributed by atoms with Crippen LogP contribution >= 0.6 is 0 Å². The highest BCUT2D eigenvalue weighted by atomic mass is 32.2. The normalized spacial score (nSPS) is 13.6. The van der Waals surface area contributed by atoms with E-state index < -0.39 is 20.0 Å². The maximum atomic E-state index is 12.7. The quantitative estimate of drug-likeness (QED) is 0.756. The molecule has 0 saturated heterocycles. The second-order valence-electron chi connectivity index (χ2n) is 6.75. The van der Waals surface area contributed by atoms with Crippen molar-refractivity contribution in [2.45, 2.75) is 42.9 Å². The van der Waals surface area contributed by atoms with Gasteiger partial charge in [0, 0.05) is 14.1 Å². The molecule has 0 radical (unpaired) electrons. The molecule has 0 fully saturated rings. The highest BCUT2D eigenvalue weighted by Crippen LogP contribution is 2.26. The summed E-state index contributed by atoms with van der Waals surface area (Å²) < 4.78 is 53.7. The third-order valence-electron chi connectivity index (χ3n) is 4.60. The number of hydrogen-bond donors (Lipinski definition) is 1. The first-order valence-electron chi connectivity index (χ1n) is 8.65. The molecule has 0 aliphatic rings. The molecule has 2 aromatic rings. The molecule has 0 aliphatic carbocycles. The lowest BCUT2D eigenvalue weighted by molar-refractivity contribution is 0.520. The molecule has 6 nitrogen and oxygen atoms in total. The molecular weight excluding hydrogens is 384 g/mol. The lowest BCUT2D eigenvalue weighted by Crippen LogP contribution is -2.22. The monoisotopic (exact) mass is 410 g/mol. The molecule has 0 spiro atoms. The van der Waals surface area contributed by atoms with Crippen molar-refractivity contribution >= 4 is 25.7 Å². The number of nitrogens with one attached hydrogen (secondary N) is 1. The van der Waals surface area contributed by atoms with Crippen LogP contribution in [0.3, 0.4) is 0 Å². The standard InChI is InChI=1S/C19H26N2O4S2/c1-6-14(2)16-8-11-17(12-9-16)26(22,23)20-19-13-18(10-7-15(19)3)27(24,25)21(4)5/h7-14,20H,6H2,1-5H3/t14-/m0/s1. The zero-order valence-electron chi connectivity index (χ0n) is 16.2. The van der Waals surface area contributed by atoms with Crippen LogP contribution in [0.5, 0.6) is 0 Å². The Morgan fingerprint density at radius 1 is 0.963 bits per heavy atom. The van der Waals surface area contributed by atoms with Gasteiger partial charge in [-0.15, -0.1) is 0 Å². The van der Waals surface area contributed by atoms with Crippen LogP contribution in [0.15, 0.2) is 52.3 Å². The van der Waals surface area contributed by atoms with Crippen molar-refractivity contribution < 1.29 is 16.8 Å². The predicted molar refractivity (Wildman–Crippen MR) is 108 cm³/mol. The predicted octanol–water partition coefficient (Wildman–Crippen LogP) is 3.56. The molecule has 148 valence electrons. The molecular formula is C19H26N2O4S2. The van der Waals surface area contributed by atoms with E-state index in [0.29, 0.717) is 11.5 Å². The van der Waals surface area contributed by atoms with Crippen LogP contribution in [-0.2, 0) is 20.0 Å². The Kier molecular flexibility index (Phi) is 6.34. The number of nitrogens with zero attached hydrogens (tertiary/aromatic N) is 1. The van der Waals surface area contributed by atoms with Crippen molar-refractivity contribution in [3.05, 3.63) is 53.6 Å². The fourth-order valence-corrected chi connectivity index (χ4v) is 4.55. The Labute approximate surface area is 162 Å². The van der Waals surface area contributed by atoms with E-state index in [4.69, 9.17) is 0 Å². The van der Waals surface area contributed by atoms with Crippen LogP contribution in [0.25, 0.3) is 0 Å². The first-order valence-corrected chi connectivity index (χ1v) is 11.6. The van der Waals surface area contributed by atoms with E-state index in [0.717, 1.165) is 16.3 Å². The zero-order chi connectivity index (χ0) is 20.4. The molecule has 0 saturated carbocycles. The van der Waals surface area contributed by atoms with Gasteiger partial charge in [-0.25, -0.2) is 21.1 Å². The Balaban J connectivity index is 2.38. The van der Waals surface area contributed by atoms with Crippen molar-refractivity contribution in [1.82, 2.24) is 4.31 Å². The largest absolute Gasteiger partial charge is 0.279 e. The lowest BCUT2D eigenvalue weighted by Gasteiger charge is -2.15. The number of anilines is 1. The van der Waals surface area contributed by atoms with E-state index in [2.05, 4.69) is 18.6 Å². The molecule has 0 unspecified atom stereocenters. The van der Waals surface area contributed by atoms with Crippen LogP contribution in [0, 0.1) is 6.92 Å². The Morgan fingerprint density at radius 3 is 2.04 bits per heavy atom. The first-order chi connectivity index (χ1) is 12.5. The highest BCUT2D eigenvalue weighted by molar-refractivity contribution is 7.92. The van der Waals surface area contributed by atoms with Gasteiger partial charge in [-0.05, 0) is 54.7 Å². The van der Waals surface area contributed by atoms with Gasteiger partial charge in [0.25, 0.3) is 10.0 Å². The maximum absolute atomic E-state index is 12.7. The number of sulfonamides is 2. The van der Waals surface area contributed by atoms with E-state index in [1.54, 1.807) is 25.1 Å². The molecule has 2 aromatic carbocycles. The summed E-state index contributed by atoms with van der Waals surface area (Å²) in [5.74, 6) is 0.352. The summed E-state index contributed by atoms with van der Waals surface area (Å²) in [6.45, 7) is 5.88. The second-order valence-corrected chi connectivity index (χ2v) is 10.6. The van der Waals surface area contributed by atoms with Crippen molar-refractivity contribution in [1.29, 1.82) is 0 Å². The van der Waals surface area contributed by atoms with Crippen LogP contribution in [-0.4, -0.2) is 35.2 Å². The van der Waals surface area contributed by atoms with Gasteiger partial charge in [0.2, 0.25) is 10.0 Å². The number of rotatable bonds is 7. The van der Waals surface area contributed by atoms with Crippen molar-refractivity contribution in [2.75, 3.05) is 18.8 Å². The molecule has 0 heterocycles. The molecule has 0 bridgehead atoms. The van der Waals surface area contributed by atoms with Crippen molar-refractivity contribution in [2.24, 2.45) is 0 Å². The molecule has 8 heteroatoms. The van der Waals surface area contributed by atoms with Gasteiger partial charge in [0.1, 0.15) is 0 Å². The number of benzene rings is 2. The van der Waals surface area contributed by atoms with E-state index in [1.165, 1.54) is 26.2 Å². The van der Waals surface area contributed by atoms with Gasteiger partial charge in [-0.3, -0.25) is 4.72 Å². The van der Waals surface area contributed by atoms with E-state index in [1.807, 2.05) is 12.1 Å². The van der Waals surface area contributed by atoms with Gasteiger partial charge in [0.05, 0.1) is 15.5 Å². The number of aryl methyl sites for hydroxylation is 1.